The predicted molar refractivity (Wildman–Crippen MR) is 184 cm³/mol. The van der Waals surface area contributed by atoms with Crippen LogP contribution >= 0.6 is 11.3 Å². The van der Waals surface area contributed by atoms with Gasteiger partial charge in [-0.1, -0.05) is 30.4 Å². The Kier molecular flexibility index (Phi) is 7.16. The first kappa shape index (κ1) is 30.9. The van der Waals surface area contributed by atoms with E-state index in [-0.39, 0.29) is 79.5 Å². The van der Waals surface area contributed by atoms with E-state index in [0.717, 1.165) is 54.0 Å². The lowest BCUT2D eigenvalue weighted by Crippen LogP contribution is -2.43. The Morgan fingerprint density at radius 2 is 1.90 bits per heavy atom. The van der Waals surface area contributed by atoms with E-state index in [1.165, 1.54) is 12.1 Å². The lowest BCUT2D eigenvalue weighted by Gasteiger charge is -2.31. The number of nitrogens with zero attached hydrogens (tertiary/aromatic N) is 7. The number of anilines is 3. The molecule has 0 radical (unpaired) electrons. The number of nitriles is 1. The minimum Gasteiger partial charge on any atom is -0.475 e. The molecular formula is C35H31F2N9O2S. The van der Waals surface area contributed by atoms with Crippen molar-refractivity contribution >= 4 is 49.0 Å². The molecule has 3 aliphatic rings. The fourth-order valence-corrected chi connectivity index (χ4v) is 8.43. The van der Waals surface area contributed by atoms with Gasteiger partial charge in [-0.05, 0) is 38.0 Å². The zero-order chi connectivity index (χ0) is 34.2. The van der Waals surface area contributed by atoms with E-state index in [0.29, 0.717) is 18.2 Å². The summed E-state index contributed by atoms with van der Waals surface area (Å²) in [7, 11) is 0. The number of halogens is 2. The van der Waals surface area contributed by atoms with Crippen molar-refractivity contribution in [2.45, 2.75) is 31.3 Å². The molecule has 248 valence electrons. The summed E-state index contributed by atoms with van der Waals surface area (Å²) in [5.41, 5.74) is 15.0. The number of fused-ring (bicyclic) bond motifs is 2. The molecule has 0 saturated carbocycles. The lowest BCUT2D eigenvalue weighted by molar-refractivity contribution is 0.108. The molecule has 14 heteroatoms. The molecule has 8 rings (SSSR count). The van der Waals surface area contributed by atoms with Gasteiger partial charge in [-0.3, -0.25) is 4.90 Å². The molecule has 0 aliphatic carbocycles. The second kappa shape index (κ2) is 11.4. The van der Waals surface area contributed by atoms with E-state index in [1.807, 2.05) is 24.0 Å². The number of thiophene rings is 1. The highest BCUT2D eigenvalue weighted by Gasteiger charge is 2.48. The van der Waals surface area contributed by atoms with Gasteiger partial charge in [-0.25, -0.2) is 18.7 Å². The summed E-state index contributed by atoms with van der Waals surface area (Å²) >= 11 is 0.921. The Morgan fingerprint density at radius 3 is 2.63 bits per heavy atom. The summed E-state index contributed by atoms with van der Waals surface area (Å²) in [4.78, 5) is 22.6. The second-order valence-corrected chi connectivity index (χ2v) is 13.9. The van der Waals surface area contributed by atoms with Crippen molar-refractivity contribution in [1.82, 2.24) is 24.8 Å². The van der Waals surface area contributed by atoms with Crippen molar-refractivity contribution in [2.24, 2.45) is 0 Å². The molecule has 1 atom stereocenters. The number of hydrogen-bond acceptors (Lipinski definition) is 12. The molecule has 0 spiro atoms. The van der Waals surface area contributed by atoms with Crippen molar-refractivity contribution in [2.75, 3.05) is 49.2 Å². The van der Waals surface area contributed by atoms with Crippen molar-refractivity contribution in [3.63, 3.8) is 0 Å². The molecular weight excluding hydrogens is 649 g/mol. The highest BCUT2D eigenvalue weighted by molar-refractivity contribution is 7.23. The third-order valence-electron chi connectivity index (χ3n) is 9.66. The SMILES string of the molecule is C=C1CN2CC(=C)CC2(COc2nc3c4c(nc(-c5ccc(F)c6sc(N)c(C#N)c56)c(F)c4n2)OCCN3[C@H](C)c2cccnc2N)C1. The quantitative estimate of drug-likeness (QED) is 0.206. The number of rotatable bonds is 6. The maximum absolute atomic E-state index is 17.1. The Balaban J connectivity index is 1.33. The van der Waals surface area contributed by atoms with E-state index < -0.39 is 11.6 Å². The topological polar surface area (TPSA) is 152 Å². The van der Waals surface area contributed by atoms with E-state index >= 15 is 4.39 Å². The minimum absolute atomic E-state index is 0.0335. The Morgan fingerprint density at radius 1 is 1.12 bits per heavy atom. The zero-order valence-corrected chi connectivity index (χ0v) is 27.4. The first-order valence-corrected chi connectivity index (χ1v) is 16.5. The standard InChI is InChI=1S/C35H31F2N9O2S/c1-17-11-35(12-18(2)15-45(35)14-17)16-48-34-43-28-25-32(44-34)46(19(3)20-5-4-8-41-30(20)39)9-10-47-33(25)42-27(26(28)37)21-6-7-23(36)29-24(21)22(13-38)31(40)49-29/h4-8,19H,1-2,9-12,14-16,40H2,3H3,(H2,39,41)/t19-/m1/s1. The molecule has 5 aromatic rings. The molecule has 0 bridgehead atoms. The zero-order valence-electron chi connectivity index (χ0n) is 26.6. The highest BCUT2D eigenvalue weighted by atomic mass is 32.1. The van der Waals surface area contributed by atoms with Crippen LogP contribution in [-0.4, -0.2) is 63.2 Å². The van der Waals surface area contributed by atoms with Crippen molar-refractivity contribution in [3.8, 4) is 29.2 Å². The normalized spacial score (nSPS) is 17.6. The van der Waals surface area contributed by atoms with Crippen molar-refractivity contribution in [3.05, 3.63) is 77.5 Å². The maximum Gasteiger partial charge on any atom is 0.319 e. The molecule has 4 N–H and O–H groups in total. The van der Waals surface area contributed by atoms with Crippen LogP contribution in [-0.2, 0) is 0 Å². The molecule has 7 heterocycles. The molecule has 0 unspecified atom stereocenters. The van der Waals surface area contributed by atoms with Gasteiger partial charge in [0.1, 0.15) is 58.3 Å². The van der Waals surface area contributed by atoms with Gasteiger partial charge in [-0.15, -0.1) is 11.3 Å². The number of pyridine rings is 2. The first-order chi connectivity index (χ1) is 23.6. The fourth-order valence-electron chi connectivity index (χ4n) is 7.48. The Labute approximate surface area is 284 Å². The van der Waals surface area contributed by atoms with Crippen molar-refractivity contribution < 1.29 is 18.3 Å². The molecule has 11 nitrogen and oxygen atoms in total. The number of nitrogens with two attached hydrogens (primary N) is 2. The number of hydrogen-bond donors (Lipinski definition) is 2. The Bertz CT molecular complexity index is 2260. The van der Waals surface area contributed by atoms with Crippen LogP contribution in [0.3, 0.4) is 0 Å². The summed E-state index contributed by atoms with van der Waals surface area (Å²) in [6, 6.07) is 7.92. The smallest absolute Gasteiger partial charge is 0.319 e. The third kappa shape index (κ3) is 4.83. The van der Waals surface area contributed by atoms with E-state index in [4.69, 9.17) is 25.9 Å². The molecule has 2 saturated heterocycles. The van der Waals surface area contributed by atoms with Gasteiger partial charge >= 0.3 is 6.01 Å². The van der Waals surface area contributed by atoms with Gasteiger partial charge in [0.05, 0.1) is 28.4 Å². The molecule has 49 heavy (non-hydrogen) atoms. The van der Waals surface area contributed by atoms with Crippen LogP contribution in [0.5, 0.6) is 11.9 Å². The number of ether oxygens (including phenoxy) is 2. The molecule has 3 aliphatic heterocycles. The summed E-state index contributed by atoms with van der Waals surface area (Å²) < 4.78 is 44.7. The molecule has 4 aromatic heterocycles. The summed E-state index contributed by atoms with van der Waals surface area (Å²) in [6.07, 6.45) is 3.09. The van der Waals surface area contributed by atoms with E-state index in [9.17, 15) is 9.65 Å². The summed E-state index contributed by atoms with van der Waals surface area (Å²) in [6.45, 7) is 12.6. The van der Waals surface area contributed by atoms with Crippen LogP contribution in [0.25, 0.3) is 32.2 Å². The van der Waals surface area contributed by atoms with Gasteiger partial charge in [0.15, 0.2) is 5.82 Å². The summed E-state index contributed by atoms with van der Waals surface area (Å²) in [5, 5.41) is 10.5. The second-order valence-electron chi connectivity index (χ2n) is 12.8. The third-order valence-corrected chi connectivity index (χ3v) is 10.7. The number of benzene rings is 1. The Hall–Kier alpha value is -5.39. The molecule has 0 amide bonds. The van der Waals surface area contributed by atoms with Gasteiger partial charge in [-0.2, -0.15) is 15.2 Å². The average Bonchev–Trinajstić information content (AvgIpc) is 3.63. The fraction of sp³-hybridized carbons (Fsp3) is 0.286. The largest absolute Gasteiger partial charge is 0.475 e. The number of aromatic nitrogens is 4. The van der Waals surface area contributed by atoms with Crippen LogP contribution in [0.15, 0.2) is 54.8 Å². The van der Waals surface area contributed by atoms with Gasteiger partial charge in [0, 0.05) is 35.8 Å². The summed E-state index contributed by atoms with van der Waals surface area (Å²) in [5.74, 6) is -0.595. The van der Waals surface area contributed by atoms with Gasteiger partial charge in [0.2, 0.25) is 5.88 Å². The van der Waals surface area contributed by atoms with Crippen LogP contribution in [0.4, 0.5) is 25.4 Å². The maximum atomic E-state index is 17.1. The van der Waals surface area contributed by atoms with Gasteiger partial charge < -0.3 is 25.8 Å². The highest BCUT2D eigenvalue weighted by Crippen LogP contribution is 2.46. The average molecular weight is 680 g/mol. The van der Waals surface area contributed by atoms with E-state index in [1.54, 1.807) is 12.3 Å². The lowest BCUT2D eigenvalue weighted by atomic mass is 9.92. The minimum atomic E-state index is -0.809. The monoisotopic (exact) mass is 679 g/mol. The van der Waals surface area contributed by atoms with Crippen LogP contribution in [0.2, 0.25) is 0 Å². The predicted octanol–water partition coefficient (Wildman–Crippen LogP) is 5.92. The van der Waals surface area contributed by atoms with E-state index in [2.05, 4.69) is 33.0 Å². The van der Waals surface area contributed by atoms with Crippen LogP contribution < -0.4 is 25.8 Å². The van der Waals surface area contributed by atoms with Crippen molar-refractivity contribution in [1.29, 1.82) is 5.26 Å². The number of nitrogen functional groups attached to an aromatic ring is 2. The molecule has 2 fully saturated rings. The first-order valence-electron chi connectivity index (χ1n) is 15.7. The van der Waals surface area contributed by atoms with Crippen LogP contribution in [0.1, 0.15) is 36.9 Å². The molecule has 1 aromatic carbocycles. The van der Waals surface area contributed by atoms with Crippen LogP contribution in [0, 0.1) is 23.0 Å². The van der Waals surface area contributed by atoms with Gasteiger partial charge in [0.25, 0.3) is 0 Å².